The van der Waals surface area contributed by atoms with Crippen LogP contribution in [-0.4, -0.2) is 56.1 Å². The maximum absolute atomic E-state index is 11.9. The Hall–Kier alpha value is -1.74. The Morgan fingerprint density at radius 3 is 2.76 bits per heavy atom. The van der Waals surface area contributed by atoms with Crippen LogP contribution in [0.25, 0.3) is 11.4 Å². The average Bonchev–Trinajstić information content (AvgIpc) is 3.10. The Labute approximate surface area is 155 Å². The third-order valence-electron chi connectivity index (χ3n) is 4.31. The van der Waals surface area contributed by atoms with Crippen LogP contribution in [0.1, 0.15) is 6.42 Å². The molecule has 1 aliphatic rings. The molecule has 1 aliphatic heterocycles. The zero-order chi connectivity index (χ0) is 18.1. The number of halogens is 1. The minimum Gasteiger partial charge on any atom is -0.468 e. The monoisotopic (exact) mass is 382 g/mol. The third-order valence-corrected chi connectivity index (χ3v) is 5.05. The van der Waals surface area contributed by atoms with Gasteiger partial charge in [0.1, 0.15) is 6.04 Å². The van der Waals surface area contributed by atoms with Gasteiger partial charge in [-0.15, -0.1) is 0 Å². The summed E-state index contributed by atoms with van der Waals surface area (Å²) in [6.45, 7) is 0.672. The molecule has 25 heavy (non-hydrogen) atoms. The van der Waals surface area contributed by atoms with Crippen LogP contribution in [-0.2, 0) is 23.2 Å². The van der Waals surface area contributed by atoms with Crippen LogP contribution < -0.4 is 0 Å². The molecule has 9 heteroatoms. The van der Waals surface area contributed by atoms with Gasteiger partial charge in [-0.1, -0.05) is 11.6 Å². The highest BCUT2D eigenvalue weighted by atomic mass is 35.5. The molecule has 1 aromatic heterocycles. The molecule has 0 unspecified atom stereocenters. The van der Waals surface area contributed by atoms with Gasteiger partial charge in [0.25, 0.3) is 0 Å². The van der Waals surface area contributed by atoms with Crippen LogP contribution >= 0.6 is 23.8 Å². The molecule has 1 N–H and O–H groups in total. The smallest absolute Gasteiger partial charge is 0.323 e. The van der Waals surface area contributed by atoms with Crippen molar-refractivity contribution < 1.29 is 14.6 Å². The van der Waals surface area contributed by atoms with Crippen molar-refractivity contribution >= 4 is 29.8 Å². The normalized spacial score (nSPS) is 20.8. The van der Waals surface area contributed by atoms with Gasteiger partial charge < -0.3 is 14.4 Å². The van der Waals surface area contributed by atoms with Crippen LogP contribution in [0, 0.1) is 4.77 Å². The lowest BCUT2D eigenvalue weighted by molar-refractivity contribution is -0.146. The molecule has 0 radical (unpaired) electrons. The number of hydrogen-bond acceptors (Lipinski definition) is 6. The van der Waals surface area contributed by atoms with E-state index in [1.165, 1.54) is 7.11 Å². The number of likely N-dealkylation sites (tertiary alicyclic amines) is 1. The zero-order valence-electron chi connectivity index (χ0n) is 13.9. The summed E-state index contributed by atoms with van der Waals surface area (Å²) in [7, 11) is 3.18. The number of carbonyl (C=O) groups excluding carboxylic acids is 1. The maximum Gasteiger partial charge on any atom is 0.323 e. The molecule has 1 aromatic carbocycles. The fourth-order valence-corrected chi connectivity index (χ4v) is 3.33. The number of methoxy groups -OCH3 is 1. The van der Waals surface area contributed by atoms with Crippen LogP contribution in [0.5, 0.6) is 0 Å². The van der Waals surface area contributed by atoms with Crippen molar-refractivity contribution in [3.05, 3.63) is 34.1 Å². The molecular formula is C16H19ClN4O3S. The van der Waals surface area contributed by atoms with Gasteiger partial charge in [0.2, 0.25) is 0 Å². The summed E-state index contributed by atoms with van der Waals surface area (Å²) < 4.78 is 8.80. The number of ether oxygens (including phenoxy) is 1. The first-order chi connectivity index (χ1) is 11.9. The number of hydrogen-bond donors (Lipinski definition) is 1. The molecule has 0 spiro atoms. The van der Waals surface area contributed by atoms with E-state index < -0.39 is 12.1 Å². The van der Waals surface area contributed by atoms with E-state index in [1.54, 1.807) is 21.4 Å². The van der Waals surface area contributed by atoms with Gasteiger partial charge in [-0.3, -0.25) is 9.69 Å². The third kappa shape index (κ3) is 3.62. The van der Waals surface area contributed by atoms with E-state index >= 15 is 0 Å². The van der Waals surface area contributed by atoms with Crippen molar-refractivity contribution in [1.82, 2.24) is 19.2 Å². The van der Waals surface area contributed by atoms with Crippen molar-refractivity contribution in [1.29, 1.82) is 0 Å². The molecule has 2 aromatic rings. The van der Waals surface area contributed by atoms with Crippen LogP contribution in [0.4, 0.5) is 0 Å². The molecule has 0 amide bonds. The first-order valence-electron chi connectivity index (χ1n) is 7.80. The lowest BCUT2D eigenvalue weighted by Gasteiger charge is -2.21. The predicted molar refractivity (Wildman–Crippen MR) is 95.6 cm³/mol. The summed E-state index contributed by atoms with van der Waals surface area (Å²) in [5.41, 5.74) is 0.891. The molecule has 2 atom stereocenters. The van der Waals surface area contributed by atoms with E-state index in [0.29, 0.717) is 35.3 Å². The topological polar surface area (TPSA) is 72.5 Å². The Bertz CT molecular complexity index is 833. The Kier molecular flexibility index (Phi) is 5.24. The summed E-state index contributed by atoms with van der Waals surface area (Å²) in [6.07, 6.45) is -0.227. The summed E-state index contributed by atoms with van der Waals surface area (Å²) in [5.74, 6) is 0.341. The van der Waals surface area contributed by atoms with Gasteiger partial charge in [-0.25, -0.2) is 4.68 Å². The Morgan fingerprint density at radius 2 is 2.12 bits per heavy atom. The molecule has 1 saturated heterocycles. The van der Waals surface area contributed by atoms with Crippen molar-refractivity contribution in [3.8, 4) is 11.4 Å². The number of aliphatic hydroxyl groups excluding tert-OH is 1. The van der Waals surface area contributed by atoms with Crippen molar-refractivity contribution in [2.24, 2.45) is 7.05 Å². The molecule has 3 rings (SSSR count). The maximum atomic E-state index is 11.9. The van der Waals surface area contributed by atoms with Gasteiger partial charge in [0.05, 0.1) is 19.9 Å². The minimum atomic E-state index is -0.572. The molecule has 2 heterocycles. The number of aliphatic hydroxyl groups is 1. The van der Waals surface area contributed by atoms with Gasteiger partial charge in [0.15, 0.2) is 10.6 Å². The van der Waals surface area contributed by atoms with E-state index in [0.717, 1.165) is 5.56 Å². The zero-order valence-corrected chi connectivity index (χ0v) is 15.5. The van der Waals surface area contributed by atoms with Crippen molar-refractivity contribution in [2.75, 3.05) is 13.7 Å². The molecule has 134 valence electrons. The van der Waals surface area contributed by atoms with Crippen LogP contribution in [0.15, 0.2) is 24.3 Å². The average molecular weight is 383 g/mol. The van der Waals surface area contributed by atoms with Gasteiger partial charge >= 0.3 is 5.97 Å². The molecular weight excluding hydrogens is 364 g/mol. The largest absolute Gasteiger partial charge is 0.468 e. The van der Waals surface area contributed by atoms with E-state index in [4.69, 9.17) is 28.6 Å². The van der Waals surface area contributed by atoms with Crippen LogP contribution in [0.2, 0.25) is 5.02 Å². The quantitative estimate of drug-likeness (QED) is 0.642. The lowest BCUT2D eigenvalue weighted by Crippen LogP contribution is -2.38. The SMILES string of the molecule is COC(=O)[C@@H]1C[C@@H](O)CN1Cn1nc(-c2ccc(Cl)cc2)n(C)c1=S. The van der Waals surface area contributed by atoms with E-state index in [-0.39, 0.29) is 5.97 Å². The van der Waals surface area contributed by atoms with Crippen molar-refractivity contribution in [2.45, 2.75) is 25.2 Å². The highest BCUT2D eigenvalue weighted by molar-refractivity contribution is 7.71. The second-order valence-corrected chi connectivity index (χ2v) is 6.81. The summed E-state index contributed by atoms with van der Waals surface area (Å²) in [4.78, 5) is 13.7. The summed E-state index contributed by atoms with van der Waals surface area (Å²) >= 11 is 11.4. The van der Waals surface area contributed by atoms with E-state index in [9.17, 15) is 9.90 Å². The first-order valence-corrected chi connectivity index (χ1v) is 8.59. The second-order valence-electron chi connectivity index (χ2n) is 6.01. The number of β-amino-alcohol motifs (C(OH)–C–C–N with tert-alkyl or cyclic N) is 1. The van der Waals surface area contributed by atoms with E-state index in [1.807, 2.05) is 24.1 Å². The lowest BCUT2D eigenvalue weighted by atomic mass is 10.2. The number of aromatic nitrogens is 3. The molecule has 0 aliphatic carbocycles. The Balaban J connectivity index is 1.88. The van der Waals surface area contributed by atoms with Gasteiger partial charge in [-0.2, -0.15) is 5.10 Å². The Morgan fingerprint density at radius 1 is 1.44 bits per heavy atom. The van der Waals surface area contributed by atoms with Crippen molar-refractivity contribution in [3.63, 3.8) is 0 Å². The number of carbonyl (C=O) groups is 1. The fraction of sp³-hybridized carbons (Fsp3) is 0.438. The first kappa shape index (κ1) is 18.1. The van der Waals surface area contributed by atoms with Gasteiger partial charge in [-0.05, 0) is 36.5 Å². The number of nitrogens with zero attached hydrogens (tertiary/aromatic N) is 4. The molecule has 0 bridgehead atoms. The summed E-state index contributed by atoms with van der Waals surface area (Å²) in [5, 5.41) is 15.1. The molecule has 1 fully saturated rings. The number of rotatable bonds is 4. The standard InChI is InChI=1S/C16H19ClN4O3S/c1-19-14(10-3-5-11(17)6-4-10)18-21(16(19)25)9-20-8-12(22)7-13(20)15(23)24-2/h3-6,12-13,22H,7-9H2,1-2H3/t12-,13+/m1/s1. The number of esters is 1. The minimum absolute atomic E-state index is 0.303. The predicted octanol–water partition coefficient (Wildman–Crippen LogP) is 1.84. The van der Waals surface area contributed by atoms with Gasteiger partial charge in [0, 0.05) is 30.6 Å². The fourth-order valence-electron chi connectivity index (χ4n) is 3.02. The summed E-state index contributed by atoms with van der Waals surface area (Å²) in [6, 6.07) is 6.84. The van der Waals surface area contributed by atoms with Crippen LogP contribution in [0.3, 0.4) is 0 Å². The highest BCUT2D eigenvalue weighted by Gasteiger charge is 2.37. The molecule has 0 saturated carbocycles. The van der Waals surface area contributed by atoms with E-state index in [2.05, 4.69) is 5.10 Å². The molecule has 7 nitrogen and oxygen atoms in total. The number of benzene rings is 1. The highest BCUT2D eigenvalue weighted by Crippen LogP contribution is 2.22. The second kappa shape index (κ2) is 7.25.